The lowest BCUT2D eigenvalue weighted by atomic mass is 10.1. The van der Waals surface area contributed by atoms with E-state index in [-0.39, 0.29) is 13.2 Å². The molecule has 10 heteroatoms. The zero-order valence-electron chi connectivity index (χ0n) is 12.9. The number of amides is 1. The molecule has 1 aromatic carbocycles. The van der Waals surface area contributed by atoms with Crippen molar-refractivity contribution in [2.45, 2.75) is 25.7 Å². The maximum atomic E-state index is 13.7. The van der Waals surface area contributed by atoms with Gasteiger partial charge in [-0.05, 0) is 26.0 Å². The smallest absolute Gasteiger partial charge is 0.442 e. The van der Waals surface area contributed by atoms with E-state index in [0.717, 1.165) is 12.1 Å². The first kappa shape index (κ1) is 19.5. The lowest BCUT2D eigenvalue weighted by Gasteiger charge is -2.34. The summed E-state index contributed by atoms with van der Waals surface area (Å²) in [6.07, 6.45) is -6.87. The maximum absolute atomic E-state index is 13.7. The average molecular weight is 352 g/mol. The number of carbonyl (C=O) groups excluding carboxylic acids is 2. The molecule has 0 heterocycles. The third-order valence-corrected chi connectivity index (χ3v) is 2.77. The molecule has 1 atom stereocenters. The Hall–Kier alpha value is -2.52. The van der Waals surface area contributed by atoms with E-state index in [0.29, 0.717) is 0 Å². The number of carbonyl (C=O) groups is 2. The van der Waals surface area contributed by atoms with Gasteiger partial charge in [-0.15, -0.1) is 0 Å². The predicted octanol–water partition coefficient (Wildman–Crippen LogP) is 2.81. The standard InChI is InChI=1S/C14H16F4N2O4/c1-3-23-11(21)13(14(16,17)18,20-12(22)24-4-2)19-10-8-6-5-7-9(10)15/h5-8,19H,3-4H2,1-2H3,(H,20,22). The third kappa shape index (κ3) is 4.27. The number of hydrogen-bond acceptors (Lipinski definition) is 5. The Balaban J connectivity index is 3.37. The second kappa shape index (κ2) is 7.84. The van der Waals surface area contributed by atoms with Crippen LogP contribution in [-0.4, -0.2) is 37.1 Å². The first-order chi connectivity index (χ1) is 11.2. The van der Waals surface area contributed by atoms with E-state index in [1.165, 1.54) is 31.3 Å². The van der Waals surface area contributed by atoms with E-state index in [1.54, 1.807) is 5.32 Å². The topological polar surface area (TPSA) is 76.7 Å². The Morgan fingerprint density at radius 1 is 1.08 bits per heavy atom. The van der Waals surface area contributed by atoms with Crippen molar-refractivity contribution in [3.63, 3.8) is 0 Å². The summed E-state index contributed by atoms with van der Waals surface area (Å²) in [6, 6.07) is 4.36. The molecule has 24 heavy (non-hydrogen) atoms. The van der Waals surface area contributed by atoms with Crippen molar-refractivity contribution in [3.05, 3.63) is 30.1 Å². The van der Waals surface area contributed by atoms with Gasteiger partial charge in [0.05, 0.1) is 18.9 Å². The summed E-state index contributed by atoms with van der Waals surface area (Å²) in [6.45, 7) is 2.03. The summed E-state index contributed by atoms with van der Waals surface area (Å²) in [7, 11) is 0. The van der Waals surface area contributed by atoms with Gasteiger partial charge in [0, 0.05) is 0 Å². The largest absolute Gasteiger partial charge is 0.463 e. The summed E-state index contributed by atoms with van der Waals surface area (Å²) in [4.78, 5) is 23.5. The number of ether oxygens (including phenoxy) is 2. The van der Waals surface area contributed by atoms with Gasteiger partial charge >= 0.3 is 23.9 Å². The number of rotatable bonds is 6. The zero-order chi connectivity index (χ0) is 18.4. The molecule has 0 aromatic heterocycles. The fraction of sp³-hybridized carbons (Fsp3) is 0.429. The van der Waals surface area contributed by atoms with Crippen LogP contribution in [0.2, 0.25) is 0 Å². The van der Waals surface area contributed by atoms with Crippen LogP contribution < -0.4 is 10.6 Å². The van der Waals surface area contributed by atoms with Crippen LogP contribution in [0.4, 0.5) is 28.0 Å². The van der Waals surface area contributed by atoms with Crippen molar-refractivity contribution < 1.29 is 36.6 Å². The Bertz CT molecular complexity index is 594. The predicted molar refractivity (Wildman–Crippen MR) is 75.6 cm³/mol. The number of benzene rings is 1. The third-order valence-electron chi connectivity index (χ3n) is 2.77. The second-order valence-electron chi connectivity index (χ2n) is 4.42. The number of hydrogen-bond donors (Lipinski definition) is 2. The molecular formula is C14H16F4N2O4. The Labute approximate surface area is 135 Å². The Morgan fingerprint density at radius 3 is 2.17 bits per heavy atom. The van der Waals surface area contributed by atoms with E-state index in [4.69, 9.17) is 0 Å². The molecule has 0 aliphatic carbocycles. The van der Waals surface area contributed by atoms with Crippen LogP contribution in [-0.2, 0) is 14.3 Å². The molecule has 0 saturated carbocycles. The SMILES string of the molecule is CCOC(=O)NC(Nc1ccccc1F)(C(=O)OCC)C(F)(F)F. The summed E-state index contributed by atoms with van der Waals surface area (Å²) in [5, 5.41) is 3.08. The summed E-state index contributed by atoms with van der Waals surface area (Å²) in [5.74, 6) is -2.91. The van der Waals surface area contributed by atoms with Crippen molar-refractivity contribution in [1.82, 2.24) is 5.32 Å². The number of anilines is 1. The molecule has 134 valence electrons. The lowest BCUT2D eigenvalue weighted by Crippen LogP contribution is -2.69. The van der Waals surface area contributed by atoms with Crippen LogP contribution in [0.15, 0.2) is 24.3 Å². The molecule has 1 amide bonds. The van der Waals surface area contributed by atoms with Crippen molar-refractivity contribution in [3.8, 4) is 0 Å². The number of alkyl halides is 3. The minimum Gasteiger partial charge on any atom is -0.463 e. The zero-order valence-corrected chi connectivity index (χ0v) is 12.9. The first-order valence-corrected chi connectivity index (χ1v) is 6.89. The van der Waals surface area contributed by atoms with Gasteiger partial charge in [0.15, 0.2) is 0 Å². The highest BCUT2D eigenvalue weighted by atomic mass is 19.4. The van der Waals surface area contributed by atoms with Gasteiger partial charge in [-0.3, -0.25) is 5.32 Å². The number of halogens is 4. The number of nitrogens with one attached hydrogen (secondary N) is 2. The fourth-order valence-electron chi connectivity index (χ4n) is 1.71. The van der Waals surface area contributed by atoms with Crippen LogP contribution in [0, 0.1) is 5.82 Å². The average Bonchev–Trinajstić information content (AvgIpc) is 2.48. The Kier molecular flexibility index (Phi) is 6.38. The molecule has 0 saturated heterocycles. The van der Waals surface area contributed by atoms with Gasteiger partial charge in [0.2, 0.25) is 0 Å². The van der Waals surface area contributed by atoms with E-state index in [9.17, 15) is 27.2 Å². The van der Waals surface area contributed by atoms with Gasteiger partial charge in [-0.25, -0.2) is 14.0 Å². The molecule has 0 radical (unpaired) electrons. The van der Waals surface area contributed by atoms with Crippen LogP contribution in [0.1, 0.15) is 13.8 Å². The van der Waals surface area contributed by atoms with Crippen molar-refractivity contribution in [2.24, 2.45) is 0 Å². The van der Waals surface area contributed by atoms with Crippen LogP contribution in [0.5, 0.6) is 0 Å². The number of esters is 1. The molecule has 1 rings (SSSR count). The molecule has 0 fully saturated rings. The number of para-hydroxylation sites is 1. The Morgan fingerprint density at radius 2 is 1.67 bits per heavy atom. The van der Waals surface area contributed by atoms with Crippen molar-refractivity contribution in [1.29, 1.82) is 0 Å². The molecule has 0 bridgehead atoms. The van der Waals surface area contributed by atoms with E-state index in [2.05, 4.69) is 9.47 Å². The van der Waals surface area contributed by atoms with E-state index in [1.807, 2.05) is 0 Å². The van der Waals surface area contributed by atoms with Gasteiger partial charge in [-0.1, -0.05) is 12.1 Å². The van der Waals surface area contributed by atoms with Crippen molar-refractivity contribution >= 4 is 17.7 Å². The number of alkyl carbamates (subject to hydrolysis) is 1. The van der Waals surface area contributed by atoms with Gasteiger partial charge in [0.1, 0.15) is 5.82 Å². The van der Waals surface area contributed by atoms with Crippen LogP contribution in [0.25, 0.3) is 0 Å². The highest BCUT2D eigenvalue weighted by Crippen LogP contribution is 2.34. The molecule has 0 aliphatic heterocycles. The quantitative estimate of drug-likeness (QED) is 0.468. The van der Waals surface area contributed by atoms with Gasteiger partial charge in [0.25, 0.3) is 0 Å². The minimum absolute atomic E-state index is 0.234. The molecular weight excluding hydrogens is 336 g/mol. The van der Waals surface area contributed by atoms with Crippen LogP contribution in [0.3, 0.4) is 0 Å². The van der Waals surface area contributed by atoms with Crippen LogP contribution >= 0.6 is 0 Å². The fourth-order valence-corrected chi connectivity index (χ4v) is 1.71. The monoisotopic (exact) mass is 352 g/mol. The molecule has 1 unspecified atom stereocenters. The molecule has 1 aromatic rings. The molecule has 2 N–H and O–H groups in total. The molecule has 0 aliphatic rings. The highest BCUT2D eigenvalue weighted by Gasteiger charge is 2.64. The van der Waals surface area contributed by atoms with Gasteiger partial charge < -0.3 is 14.8 Å². The normalized spacial score (nSPS) is 13.6. The second-order valence-corrected chi connectivity index (χ2v) is 4.42. The summed E-state index contributed by atoms with van der Waals surface area (Å²) < 4.78 is 63.4. The van der Waals surface area contributed by atoms with E-state index >= 15 is 0 Å². The lowest BCUT2D eigenvalue weighted by molar-refractivity contribution is -0.205. The molecule has 6 nitrogen and oxygen atoms in total. The summed E-state index contributed by atoms with van der Waals surface area (Å²) in [5.41, 5.74) is -4.36. The highest BCUT2D eigenvalue weighted by molar-refractivity contribution is 5.89. The van der Waals surface area contributed by atoms with Gasteiger partial charge in [-0.2, -0.15) is 13.2 Å². The van der Waals surface area contributed by atoms with E-state index < -0.39 is 35.4 Å². The van der Waals surface area contributed by atoms with Crippen molar-refractivity contribution in [2.75, 3.05) is 18.5 Å². The summed E-state index contributed by atoms with van der Waals surface area (Å²) >= 11 is 0. The molecule has 0 spiro atoms. The first-order valence-electron chi connectivity index (χ1n) is 6.89. The maximum Gasteiger partial charge on any atom is 0.442 e. The minimum atomic E-state index is -5.35.